The number of carbonyl (C=O) groups is 8. The summed E-state index contributed by atoms with van der Waals surface area (Å²) in [5.74, 6) is -4.31. The Labute approximate surface area is 401 Å². The maximum Gasteiger partial charge on any atom is 0.245 e. The van der Waals surface area contributed by atoms with Crippen LogP contribution in [0.5, 0.6) is 5.75 Å². The van der Waals surface area contributed by atoms with E-state index in [1.807, 2.05) is 44.2 Å². The fourth-order valence-corrected chi connectivity index (χ4v) is 8.15. The van der Waals surface area contributed by atoms with Crippen molar-refractivity contribution in [2.75, 3.05) is 19.7 Å². The number of phenols is 1. The fraction of sp³-hybridized carbons (Fsp3) is 0.469. The predicted molar refractivity (Wildman–Crippen MR) is 255 cm³/mol. The van der Waals surface area contributed by atoms with E-state index in [2.05, 4.69) is 31.9 Å². The Morgan fingerprint density at radius 3 is 1.85 bits per heavy atom. The lowest BCUT2D eigenvalue weighted by atomic mass is 10.0. The number of nitrogens with zero attached hydrogens (tertiary/aromatic N) is 1. The minimum atomic E-state index is -1.57. The molecule has 0 saturated carbocycles. The zero-order valence-corrected chi connectivity index (χ0v) is 39.8. The van der Waals surface area contributed by atoms with Gasteiger partial charge in [0.2, 0.25) is 46.5 Å². The van der Waals surface area contributed by atoms with E-state index >= 15 is 0 Å². The number of thioether (sulfide) groups is 1. The first-order valence-corrected chi connectivity index (χ1v) is 23.8. The minimum Gasteiger partial charge on any atom is -0.508 e. The summed E-state index contributed by atoms with van der Waals surface area (Å²) in [7, 11) is 0. The van der Waals surface area contributed by atoms with Gasteiger partial charge in [-0.1, -0.05) is 105 Å². The molecule has 0 bridgehead atoms. The number of aliphatic hydroxyl groups excluding tert-OH is 2. The number of benzene rings is 3. The molecule has 1 heterocycles. The first kappa shape index (κ1) is 54.3. The molecule has 1 aliphatic rings. The van der Waals surface area contributed by atoms with Gasteiger partial charge in [0, 0.05) is 31.6 Å². The van der Waals surface area contributed by atoms with Crippen molar-refractivity contribution < 1.29 is 53.7 Å². The zero-order valence-electron chi connectivity index (χ0n) is 38.9. The summed E-state index contributed by atoms with van der Waals surface area (Å²) in [4.78, 5) is 109. The van der Waals surface area contributed by atoms with Crippen molar-refractivity contribution in [1.82, 2.24) is 36.8 Å². The molecule has 1 aliphatic heterocycles. The molecule has 0 spiro atoms. The second-order valence-electron chi connectivity index (χ2n) is 17.3. The third-order valence-corrected chi connectivity index (χ3v) is 12.2. The molecule has 0 unspecified atom stereocenters. The highest BCUT2D eigenvalue weighted by Crippen LogP contribution is 2.20. The van der Waals surface area contributed by atoms with Crippen LogP contribution in [0.1, 0.15) is 76.5 Å². The average Bonchev–Trinajstić information content (AvgIpc) is 3.81. The summed E-state index contributed by atoms with van der Waals surface area (Å²) in [5, 5.41) is 45.7. The van der Waals surface area contributed by atoms with Crippen molar-refractivity contribution in [3.8, 4) is 5.75 Å². The molecule has 19 heteroatoms. The number of hydrogen-bond donors (Lipinski definition) is 9. The van der Waals surface area contributed by atoms with Gasteiger partial charge in [0.1, 0.15) is 42.0 Å². The molecule has 368 valence electrons. The van der Waals surface area contributed by atoms with E-state index in [4.69, 9.17) is 0 Å². The highest BCUT2D eigenvalue weighted by molar-refractivity contribution is 8.13. The van der Waals surface area contributed by atoms with Gasteiger partial charge in [0.15, 0.2) is 0 Å². The maximum atomic E-state index is 14.0. The van der Waals surface area contributed by atoms with Crippen molar-refractivity contribution >= 4 is 58.2 Å². The Bertz CT molecular complexity index is 2160. The molecule has 7 atom stereocenters. The first-order chi connectivity index (χ1) is 32.4. The van der Waals surface area contributed by atoms with E-state index in [1.165, 1.54) is 43.0 Å². The highest BCUT2D eigenvalue weighted by atomic mass is 32.2. The van der Waals surface area contributed by atoms with Crippen molar-refractivity contribution in [2.45, 2.75) is 121 Å². The van der Waals surface area contributed by atoms with Crippen LogP contribution in [0.4, 0.5) is 0 Å². The monoisotopic (exact) mass is 959 g/mol. The Hall–Kier alpha value is -6.31. The van der Waals surface area contributed by atoms with Gasteiger partial charge in [0.25, 0.3) is 0 Å². The molecule has 68 heavy (non-hydrogen) atoms. The smallest absolute Gasteiger partial charge is 0.245 e. The molecule has 0 aromatic heterocycles. The molecule has 1 saturated heterocycles. The molecule has 3 aromatic carbocycles. The van der Waals surface area contributed by atoms with Gasteiger partial charge in [-0.15, -0.1) is 0 Å². The van der Waals surface area contributed by atoms with Gasteiger partial charge in [-0.25, -0.2) is 0 Å². The first-order valence-electron chi connectivity index (χ1n) is 22.8. The second kappa shape index (κ2) is 27.5. The lowest BCUT2D eigenvalue weighted by Gasteiger charge is -2.30. The van der Waals surface area contributed by atoms with Crippen molar-refractivity contribution in [3.05, 3.63) is 102 Å². The van der Waals surface area contributed by atoms with Crippen LogP contribution in [-0.4, -0.2) is 129 Å². The Kier molecular flexibility index (Phi) is 22.0. The standard InChI is InChI=1S/C49H65N7O11S/c1-30(2)13-11-19-41(60)52-37(25-33-14-7-5-8-15-33)45(63)54-39(28-57)46(64)53-38(26-34-20-22-36(59)23-21-34)44(62)51-31(3)49(67)56-24-12-18-40(56)47(65)55-43(32(4)58)48(66)50-27-42(61)68-29-35-16-9-6-10-17-35/h5-10,14-17,20-23,30-32,37-40,43,57-59H,11-13,18-19,24-29H2,1-4H3,(H,50,66)(H,51,62)(H,52,60)(H,53,64)(H,54,63)(H,55,65)/t31-,32-,37+,38+,39-,40+,43+/m1/s1. The van der Waals surface area contributed by atoms with Crippen LogP contribution >= 0.6 is 11.8 Å². The number of rotatable bonds is 25. The molecular formula is C49H65N7O11S. The third-order valence-electron chi connectivity index (χ3n) is 11.2. The van der Waals surface area contributed by atoms with E-state index < -0.39 is 84.4 Å². The molecule has 4 rings (SSSR count). The van der Waals surface area contributed by atoms with Gasteiger partial charge in [-0.05, 0) is 67.9 Å². The molecule has 18 nitrogen and oxygen atoms in total. The van der Waals surface area contributed by atoms with Gasteiger partial charge >= 0.3 is 0 Å². The molecular weight excluding hydrogens is 895 g/mol. The summed E-state index contributed by atoms with van der Waals surface area (Å²) in [6, 6.07) is 16.2. The Morgan fingerprint density at radius 2 is 1.25 bits per heavy atom. The number of nitrogens with one attached hydrogen (secondary N) is 6. The number of carbonyl (C=O) groups excluding carboxylic acids is 8. The number of phenolic OH excluding ortho intramolecular Hbond substituents is 1. The predicted octanol–water partition coefficient (Wildman–Crippen LogP) is 1.39. The van der Waals surface area contributed by atoms with Crippen molar-refractivity contribution in [1.29, 1.82) is 0 Å². The number of aliphatic hydroxyl groups is 2. The van der Waals surface area contributed by atoms with Gasteiger partial charge in [-0.3, -0.25) is 38.4 Å². The number of aromatic hydroxyl groups is 1. The maximum absolute atomic E-state index is 14.0. The van der Waals surface area contributed by atoms with E-state index in [-0.39, 0.29) is 55.5 Å². The lowest BCUT2D eigenvalue weighted by molar-refractivity contribution is -0.142. The topological polar surface area (TPSA) is 273 Å². The Balaban J connectivity index is 1.41. The highest BCUT2D eigenvalue weighted by Gasteiger charge is 2.39. The SMILES string of the molecule is CC(C)CCCC(=O)N[C@@H](Cc1ccccc1)C(=O)N[C@H](CO)C(=O)N[C@@H](Cc1ccc(O)cc1)C(=O)N[C@H](C)C(=O)N1CCC[C@H]1C(=O)N[C@H](C(=O)NCC(=O)SCc1ccccc1)[C@@H](C)O. The van der Waals surface area contributed by atoms with Gasteiger partial charge in [-0.2, -0.15) is 0 Å². The molecule has 1 fully saturated rings. The van der Waals surface area contributed by atoms with Crippen LogP contribution in [0.15, 0.2) is 84.9 Å². The number of likely N-dealkylation sites (tertiary alicyclic amines) is 1. The van der Waals surface area contributed by atoms with Crippen LogP contribution in [0.3, 0.4) is 0 Å². The number of amides is 7. The summed E-state index contributed by atoms with van der Waals surface area (Å²) < 4.78 is 0. The Morgan fingerprint density at radius 1 is 0.691 bits per heavy atom. The summed E-state index contributed by atoms with van der Waals surface area (Å²) in [6.07, 6.45) is 0.800. The lowest BCUT2D eigenvalue weighted by Crippen LogP contribution is -2.60. The quantitative estimate of drug-likeness (QED) is 0.0583. The van der Waals surface area contributed by atoms with Crippen molar-refractivity contribution in [2.24, 2.45) is 5.92 Å². The van der Waals surface area contributed by atoms with Gasteiger partial charge < -0.3 is 52.1 Å². The van der Waals surface area contributed by atoms with Crippen LogP contribution < -0.4 is 31.9 Å². The zero-order chi connectivity index (χ0) is 49.8. The van der Waals surface area contributed by atoms with Crippen LogP contribution in [0, 0.1) is 5.92 Å². The van der Waals surface area contributed by atoms with Crippen LogP contribution in [0.25, 0.3) is 0 Å². The number of hydrogen-bond acceptors (Lipinski definition) is 12. The van der Waals surface area contributed by atoms with E-state index in [0.29, 0.717) is 30.1 Å². The van der Waals surface area contributed by atoms with E-state index in [9.17, 15) is 53.7 Å². The molecule has 7 amide bonds. The normalized spacial score (nSPS) is 16.0. The summed E-state index contributed by atoms with van der Waals surface area (Å²) in [6.45, 7) is 5.68. The second-order valence-corrected chi connectivity index (χ2v) is 18.3. The largest absolute Gasteiger partial charge is 0.508 e. The average molecular weight is 960 g/mol. The molecule has 3 aromatic rings. The van der Waals surface area contributed by atoms with Gasteiger partial charge in [0.05, 0.1) is 19.3 Å². The molecule has 0 radical (unpaired) electrons. The molecule has 9 N–H and O–H groups in total. The van der Waals surface area contributed by atoms with E-state index in [0.717, 1.165) is 29.3 Å². The molecule has 0 aliphatic carbocycles. The van der Waals surface area contributed by atoms with Crippen molar-refractivity contribution in [3.63, 3.8) is 0 Å². The summed E-state index contributed by atoms with van der Waals surface area (Å²) >= 11 is 1.01. The van der Waals surface area contributed by atoms with E-state index in [1.54, 1.807) is 30.3 Å². The van der Waals surface area contributed by atoms with Crippen LogP contribution in [-0.2, 0) is 57.0 Å². The van der Waals surface area contributed by atoms with Crippen LogP contribution in [0.2, 0.25) is 0 Å². The summed E-state index contributed by atoms with van der Waals surface area (Å²) in [5.41, 5.74) is 2.16. The minimum absolute atomic E-state index is 0.0496. The third kappa shape index (κ3) is 17.7. The fourth-order valence-electron chi connectivity index (χ4n) is 7.45.